The van der Waals surface area contributed by atoms with Gasteiger partial charge < -0.3 is 5.21 Å². The van der Waals surface area contributed by atoms with E-state index in [0.29, 0.717) is 25.2 Å². The minimum Gasteiger partial charge on any atom is -0.411 e. The highest BCUT2D eigenvalue weighted by Crippen LogP contribution is 2.19. The molecule has 1 atom stereocenters. The summed E-state index contributed by atoms with van der Waals surface area (Å²) in [6, 6.07) is 0. The van der Waals surface area contributed by atoms with Gasteiger partial charge in [-0.1, -0.05) is 12.1 Å². The fraction of sp³-hybridized carbons (Fsp3) is 0.889. The van der Waals surface area contributed by atoms with Crippen LogP contribution in [0.1, 0.15) is 27.2 Å². The van der Waals surface area contributed by atoms with E-state index in [1.165, 1.54) is 4.31 Å². The van der Waals surface area contributed by atoms with Gasteiger partial charge in [-0.25, -0.2) is 12.7 Å². The molecule has 1 saturated heterocycles. The number of hydrogen-bond acceptors (Lipinski definition) is 4. The van der Waals surface area contributed by atoms with Crippen molar-refractivity contribution in [1.29, 1.82) is 0 Å². The predicted octanol–water partition coefficient (Wildman–Crippen LogP) is 0.897. The number of sulfonamides is 1. The van der Waals surface area contributed by atoms with Crippen LogP contribution in [0.3, 0.4) is 0 Å². The Kier molecular flexibility index (Phi) is 3.72. The minimum atomic E-state index is -3.17. The molecule has 1 fully saturated rings. The lowest BCUT2D eigenvalue weighted by molar-refractivity contribution is 0.300. The van der Waals surface area contributed by atoms with Gasteiger partial charge in [-0.3, -0.25) is 0 Å². The standard InChI is InChI=1S/C9H18N2O3S/c1-7(2)15(13,14)11-5-4-9(10-12)8(3)6-11/h7-8,12H,4-6H2,1-3H3. The normalized spacial score (nSPS) is 27.5. The molecule has 1 heterocycles. The molecule has 0 bridgehead atoms. The summed E-state index contributed by atoms with van der Waals surface area (Å²) >= 11 is 0. The van der Waals surface area contributed by atoms with Crippen LogP contribution in [0.15, 0.2) is 5.16 Å². The van der Waals surface area contributed by atoms with Crippen molar-refractivity contribution in [2.24, 2.45) is 11.1 Å². The summed E-state index contributed by atoms with van der Waals surface area (Å²) in [4.78, 5) is 0. The van der Waals surface area contributed by atoms with E-state index in [4.69, 9.17) is 5.21 Å². The third kappa shape index (κ3) is 2.49. The van der Waals surface area contributed by atoms with Crippen LogP contribution in [0.4, 0.5) is 0 Å². The first-order valence-electron chi connectivity index (χ1n) is 5.09. The second kappa shape index (κ2) is 4.49. The van der Waals surface area contributed by atoms with Crippen LogP contribution in [0.25, 0.3) is 0 Å². The maximum absolute atomic E-state index is 11.8. The quantitative estimate of drug-likeness (QED) is 0.570. The van der Waals surface area contributed by atoms with Crippen LogP contribution in [0, 0.1) is 5.92 Å². The molecule has 1 aliphatic heterocycles. The molecule has 1 rings (SSSR count). The largest absolute Gasteiger partial charge is 0.411 e. The molecule has 0 aromatic heterocycles. The van der Waals surface area contributed by atoms with Gasteiger partial charge in [0.1, 0.15) is 0 Å². The number of oxime groups is 1. The molecule has 0 saturated carbocycles. The number of nitrogens with zero attached hydrogens (tertiary/aromatic N) is 2. The van der Waals surface area contributed by atoms with Gasteiger partial charge >= 0.3 is 0 Å². The SMILES string of the molecule is CC1CN(S(=O)(=O)C(C)C)CCC1=NO. The van der Waals surface area contributed by atoms with Crippen LogP contribution >= 0.6 is 0 Å². The van der Waals surface area contributed by atoms with E-state index in [0.717, 1.165) is 0 Å². The summed E-state index contributed by atoms with van der Waals surface area (Å²) in [6.45, 7) is 6.06. The molecule has 0 aromatic rings. The molecule has 0 aromatic carbocycles. The van der Waals surface area contributed by atoms with Crippen LogP contribution in [0.2, 0.25) is 0 Å². The molecule has 0 spiro atoms. The molecular formula is C9H18N2O3S. The molecule has 1 unspecified atom stereocenters. The fourth-order valence-electron chi connectivity index (χ4n) is 1.67. The number of rotatable bonds is 2. The first-order chi connectivity index (χ1) is 6.89. The molecule has 0 amide bonds. The molecule has 1 aliphatic rings. The van der Waals surface area contributed by atoms with Crippen molar-refractivity contribution in [3.8, 4) is 0 Å². The van der Waals surface area contributed by atoms with Gasteiger partial charge in [-0.15, -0.1) is 0 Å². The Balaban J connectivity index is 2.79. The Labute approximate surface area is 90.8 Å². The summed E-state index contributed by atoms with van der Waals surface area (Å²) in [5, 5.41) is 11.5. The van der Waals surface area contributed by atoms with E-state index >= 15 is 0 Å². The van der Waals surface area contributed by atoms with Gasteiger partial charge in [0.15, 0.2) is 0 Å². The van der Waals surface area contributed by atoms with Gasteiger partial charge in [0.25, 0.3) is 0 Å². The first kappa shape index (κ1) is 12.4. The van der Waals surface area contributed by atoms with Gasteiger partial charge in [0.05, 0.1) is 11.0 Å². The van der Waals surface area contributed by atoms with E-state index in [-0.39, 0.29) is 5.92 Å². The van der Waals surface area contributed by atoms with Crippen LogP contribution in [-0.2, 0) is 10.0 Å². The zero-order valence-electron chi connectivity index (χ0n) is 9.34. The predicted molar refractivity (Wildman–Crippen MR) is 58.6 cm³/mol. The Bertz CT molecular complexity index is 348. The van der Waals surface area contributed by atoms with E-state index < -0.39 is 15.3 Å². The molecule has 0 aliphatic carbocycles. The lowest BCUT2D eigenvalue weighted by atomic mass is 10.00. The van der Waals surface area contributed by atoms with Gasteiger partial charge in [0.2, 0.25) is 10.0 Å². The highest BCUT2D eigenvalue weighted by atomic mass is 32.2. The van der Waals surface area contributed by atoms with Crippen LogP contribution in [0.5, 0.6) is 0 Å². The highest BCUT2D eigenvalue weighted by molar-refractivity contribution is 7.89. The average molecular weight is 234 g/mol. The Hall–Kier alpha value is -0.620. The Morgan fingerprint density at radius 2 is 2.13 bits per heavy atom. The molecule has 15 heavy (non-hydrogen) atoms. The van der Waals surface area contributed by atoms with Gasteiger partial charge in [-0.05, 0) is 13.8 Å². The summed E-state index contributed by atoms with van der Waals surface area (Å²) in [6.07, 6.45) is 0.517. The zero-order valence-corrected chi connectivity index (χ0v) is 10.2. The van der Waals surface area contributed by atoms with Crippen molar-refractivity contribution < 1.29 is 13.6 Å². The third-order valence-electron chi connectivity index (χ3n) is 2.75. The molecule has 6 heteroatoms. The van der Waals surface area contributed by atoms with E-state index in [1.54, 1.807) is 13.8 Å². The molecule has 88 valence electrons. The fourth-order valence-corrected chi connectivity index (χ4v) is 3.04. The van der Waals surface area contributed by atoms with Crippen molar-refractivity contribution in [2.75, 3.05) is 13.1 Å². The van der Waals surface area contributed by atoms with Crippen molar-refractivity contribution in [3.05, 3.63) is 0 Å². The highest BCUT2D eigenvalue weighted by Gasteiger charge is 2.32. The van der Waals surface area contributed by atoms with Crippen LogP contribution in [-0.4, -0.2) is 42.0 Å². The number of hydrogen-bond donors (Lipinski definition) is 1. The van der Waals surface area contributed by atoms with Gasteiger partial charge in [0, 0.05) is 25.4 Å². The summed E-state index contributed by atoms with van der Waals surface area (Å²) in [5.41, 5.74) is 0.685. The first-order valence-corrected chi connectivity index (χ1v) is 6.59. The molecule has 1 N–H and O–H groups in total. The second-order valence-electron chi connectivity index (χ2n) is 4.19. The van der Waals surface area contributed by atoms with Gasteiger partial charge in [-0.2, -0.15) is 0 Å². The summed E-state index contributed by atoms with van der Waals surface area (Å²) in [7, 11) is -3.17. The minimum absolute atomic E-state index is 0.00252. The second-order valence-corrected chi connectivity index (χ2v) is 6.68. The van der Waals surface area contributed by atoms with Crippen molar-refractivity contribution in [2.45, 2.75) is 32.4 Å². The van der Waals surface area contributed by atoms with Crippen LogP contribution < -0.4 is 0 Å². The molecular weight excluding hydrogens is 216 g/mol. The van der Waals surface area contributed by atoms with Crippen molar-refractivity contribution in [3.63, 3.8) is 0 Å². The van der Waals surface area contributed by atoms with E-state index in [9.17, 15) is 8.42 Å². The lowest BCUT2D eigenvalue weighted by Crippen LogP contribution is -2.45. The molecule has 5 nitrogen and oxygen atoms in total. The average Bonchev–Trinajstić information content (AvgIpc) is 2.17. The Morgan fingerprint density at radius 3 is 2.53 bits per heavy atom. The maximum Gasteiger partial charge on any atom is 0.216 e. The topological polar surface area (TPSA) is 70.0 Å². The van der Waals surface area contributed by atoms with Crippen molar-refractivity contribution in [1.82, 2.24) is 4.31 Å². The third-order valence-corrected chi connectivity index (χ3v) is 4.99. The monoisotopic (exact) mass is 234 g/mol. The Morgan fingerprint density at radius 1 is 1.53 bits per heavy atom. The van der Waals surface area contributed by atoms with E-state index in [2.05, 4.69) is 5.16 Å². The smallest absolute Gasteiger partial charge is 0.216 e. The van der Waals surface area contributed by atoms with Crippen molar-refractivity contribution >= 4 is 15.7 Å². The summed E-state index contributed by atoms with van der Waals surface area (Å²) in [5.74, 6) is -0.00252. The number of piperidine rings is 1. The molecule has 0 radical (unpaired) electrons. The van der Waals surface area contributed by atoms with E-state index in [1.807, 2.05) is 6.92 Å². The lowest BCUT2D eigenvalue weighted by Gasteiger charge is -2.31. The summed E-state index contributed by atoms with van der Waals surface area (Å²) < 4.78 is 25.2. The maximum atomic E-state index is 11.8. The zero-order chi connectivity index (χ0) is 11.6.